The lowest BCUT2D eigenvalue weighted by Gasteiger charge is -2.19. The number of ether oxygens (including phenoxy) is 2. The normalized spacial score (nSPS) is 12.0. The molecular weight excluding hydrogens is 220 g/mol. The van der Waals surface area contributed by atoms with Crippen molar-refractivity contribution < 1.29 is 19.1 Å². The van der Waals surface area contributed by atoms with Crippen LogP contribution < -0.4 is 0 Å². The molecule has 0 amide bonds. The van der Waals surface area contributed by atoms with Gasteiger partial charge in [-0.05, 0) is 27.2 Å². The Balaban J connectivity index is 3.77. The average molecular weight is 240 g/mol. The minimum atomic E-state index is -0.439. The van der Waals surface area contributed by atoms with Gasteiger partial charge in [-0.3, -0.25) is 4.79 Å². The smallest absolute Gasteiger partial charge is 0.330 e. The third kappa shape index (κ3) is 10.7. The molecule has 4 nitrogen and oxygen atoms in total. The van der Waals surface area contributed by atoms with E-state index >= 15 is 0 Å². The lowest BCUT2D eigenvalue weighted by molar-refractivity contribution is -0.154. The van der Waals surface area contributed by atoms with Crippen LogP contribution in [0.4, 0.5) is 0 Å². The van der Waals surface area contributed by atoms with Crippen molar-refractivity contribution in [2.75, 3.05) is 7.11 Å². The molecule has 96 valence electrons. The molecule has 0 aromatic carbocycles. The minimum absolute atomic E-state index is 0.223. The summed E-state index contributed by atoms with van der Waals surface area (Å²) >= 11 is 0. The molecule has 17 heavy (non-hydrogen) atoms. The predicted octanol–water partition coefficient (Wildman–Crippen LogP) is 2.39. The summed E-state index contributed by atoms with van der Waals surface area (Å²) in [5, 5.41) is 0. The van der Waals surface area contributed by atoms with Gasteiger partial charge >= 0.3 is 11.9 Å². The SMILES string of the molecule is COC(=O)C=CC=CCCC(=O)OC(C)(C)C. The predicted molar refractivity (Wildman–Crippen MR) is 65.4 cm³/mol. The first-order valence-corrected chi connectivity index (χ1v) is 5.48. The molecular formula is C13H20O4. The van der Waals surface area contributed by atoms with Crippen LogP contribution in [-0.4, -0.2) is 24.6 Å². The van der Waals surface area contributed by atoms with E-state index in [1.807, 2.05) is 20.8 Å². The third-order valence-corrected chi connectivity index (χ3v) is 1.62. The molecule has 0 unspecified atom stereocenters. The zero-order valence-corrected chi connectivity index (χ0v) is 10.9. The number of allylic oxidation sites excluding steroid dienone is 3. The number of rotatable bonds is 5. The van der Waals surface area contributed by atoms with Gasteiger partial charge in [0.25, 0.3) is 0 Å². The number of esters is 2. The van der Waals surface area contributed by atoms with Crippen molar-refractivity contribution in [3.05, 3.63) is 24.3 Å². The zero-order valence-electron chi connectivity index (χ0n) is 10.9. The maximum Gasteiger partial charge on any atom is 0.330 e. The van der Waals surface area contributed by atoms with Crippen molar-refractivity contribution in [2.24, 2.45) is 0 Å². The van der Waals surface area contributed by atoms with Gasteiger partial charge in [0.2, 0.25) is 0 Å². The summed E-state index contributed by atoms with van der Waals surface area (Å²) in [6, 6.07) is 0. The van der Waals surface area contributed by atoms with Gasteiger partial charge in [-0.2, -0.15) is 0 Å². The number of carbonyl (C=O) groups is 2. The van der Waals surface area contributed by atoms with Crippen molar-refractivity contribution in [3.8, 4) is 0 Å². The Morgan fingerprint density at radius 1 is 1.18 bits per heavy atom. The summed E-state index contributed by atoms with van der Waals surface area (Å²) in [6.45, 7) is 5.50. The van der Waals surface area contributed by atoms with Crippen molar-refractivity contribution in [1.82, 2.24) is 0 Å². The van der Waals surface area contributed by atoms with E-state index in [2.05, 4.69) is 4.74 Å². The number of hydrogen-bond acceptors (Lipinski definition) is 4. The Morgan fingerprint density at radius 2 is 1.82 bits per heavy atom. The largest absolute Gasteiger partial charge is 0.466 e. The molecule has 0 fully saturated rings. The highest BCUT2D eigenvalue weighted by molar-refractivity contribution is 5.82. The lowest BCUT2D eigenvalue weighted by atomic mass is 10.2. The molecule has 0 heterocycles. The lowest BCUT2D eigenvalue weighted by Crippen LogP contribution is -2.23. The summed E-state index contributed by atoms with van der Waals surface area (Å²) in [4.78, 5) is 22.0. The summed E-state index contributed by atoms with van der Waals surface area (Å²) in [5.41, 5.74) is -0.439. The minimum Gasteiger partial charge on any atom is -0.466 e. The van der Waals surface area contributed by atoms with Crippen LogP contribution in [-0.2, 0) is 19.1 Å². The van der Waals surface area contributed by atoms with Crippen molar-refractivity contribution >= 4 is 11.9 Å². The van der Waals surface area contributed by atoms with Crippen LogP contribution in [0.3, 0.4) is 0 Å². The second kappa shape index (κ2) is 7.65. The summed E-state index contributed by atoms with van der Waals surface area (Å²) < 4.78 is 9.55. The third-order valence-electron chi connectivity index (χ3n) is 1.62. The average Bonchev–Trinajstić information content (AvgIpc) is 2.20. The summed E-state index contributed by atoms with van der Waals surface area (Å²) in [7, 11) is 1.32. The van der Waals surface area contributed by atoms with E-state index in [0.29, 0.717) is 12.8 Å². The number of carbonyl (C=O) groups excluding carboxylic acids is 2. The Bertz CT molecular complexity index is 308. The molecule has 0 saturated heterocycles. The standard InChI is InChI=1S/C13H20O4/c1-13(2,3)17-12(15)10-8-6-5-7-9-11(14)16-4/h5-7,9H,8,10H2,1-4H3. The maximum absolute atomic E-state index is 11.3. The van der Waals surface area contributed by atoms with Crippen LogP contribution >= 0.6 is 0 Å². The van der Waals surface area contributed by atoms with Gasteiger partial charge in [0.15, 0.2) is 0 Å². The van der Waals surface area contributed by atoms with E-state index in [0.717, 1.165) is 0 Å². The quantitative estimate of drug-likeness (QED) is 0.420. The van der Waals surface area contributed by atoms with Crippen molar-refractivity contribution in [3.63, 3.8) is 0 Å². The van der Waals surface area contributed by atoms with Gasteiger partial charge in [0, 0.05) is 12.5 Å². The molecule has 0 aliphatic carbocycles. The van der Waals surface area contributed by atoms with Gasteiger partial charge in [0.05, 0.1) is 7.11 Å². The van der Waals surface area contributed by atoms with Crippen molar-refractivity contribution in [1.29, 1.82) is 0 Å². The van der Waals surface area contributed by atoms with E-state index in [4.69, 9.17) is 4.74 Å². The number of methoxy groups -OCH3 is 1. The van der Waals surface area contributed by atoms with E-state index in [1.165, 1.54) is 13.2 Å². The highest BCUT2D eigenvalue weighted by Crippen LogP contribution is 2.09. The first-order chi connectivity index (χ1) is 7.85. The van der Waals surface area contributed by atoms with Crippen LogP contribution in [0.25, 0.3) is 0 Å². The fourth-order valence-corrected chi connectivity index (χ4v) is 0.971. The van der Waals surface area contributed by atoms with Gasteiger partial charge in [0.1, 0.15) is 5.60 Å². The fourth-order valence-electron chi connectivity index (χ4n) is 0.971. The molecule has 0 aromatic heterocycles. The van der Waals surface area contributed by atoms with Crippen LogP contribution in [0.5, 0.6) is 0 Å². The molecule has 4 heteroatoms. The molecule has 0 saturated carbocycles. The van der Waals surface area contributed by atoms with E-state index in [1.54, 1.807) is 18.2 Å². The zero-order chi connectivity index (χ0) is 13.3. The van der Waals surface area contributed by atoms with Crippen LogP contribution in [0.1, 0.15) is 33.6 Å². The van der Waals surface area contributed by atoms with Gasteiger partial charge in [-0.15, -0.1) is 0 Å². The topological polar surface area (TPSA) is 52.6 Å². The number of hydrogen-bond donors (Lipinski definition) is 0. The molecule has 0 aliphatic heterocycles. The highest BCUT2D eigenvalue weighted by atomic mass is 16.6. The van der Waals surface area contributed by atoms with Gasteiger partial charge in [-0.25, -0.2) is 4.79 Å². The van der Waals surface area contributed by atoms with Gasteiger partial charge in [-0.1, -0.05) is 18.2 Å². The first-order valence-electron chi connectivity index (χ1n) is 5.48. The van der Waals surface area contributed by atoms with E-state index < -0.39 is 11.6 Å². The molecule has 0 N–H and O–H groups in total. The molecule has 0 radical (unpaired) electrons. The molecule has 0 bridgehead atoms. The monoisotopic (exact) mass is 240 g/mol. The second-order valence-electron chi connectivity index (χ2n) is 4.44. The van der Waals surface area contributed by atoms with Crippen LogP contribution in [0.15, 0.2) is 24.3 Å². The molecule has 0 atom stereocenters. The van der Waals surface area contributed by atoms with E-state index in [-0.39, 0.29) is 5.97 Å². The van der Waals surface area contributed by atoms with E-state index in [9.17, 15) is 9.59 Å². The Kier molecular flexibility index (Phi) is 6.94. The molecule has 0 aromatic rings. The molecule has 0 spiro atoms. The first kappa shape index (κ1) is 15.4. The maximum atomic E-state index is 11.3. The van der Waals surface area contributed by atoms with Crippen LogP contribution in [0, 0.1) is 0 Å². The van der Waals surface area contributed by atoms with Crippen LogP contribution in [0.2, 0.25) is 0 Å². The Morgan fingerprint density at radius 3 is 2.35 bits per heavy atom. The highest BCUT2D eigenvalue weighted by Gasteiger charge is 2.14. The molecule has 0 rings (SSSR count). The molecule has 0 aliphatic rings. The summed E-state index contributed by atoms with van der Waals surface area (Å²) in [6.07, 6.45) is 7.29. The Hall–Kier alpha value is -1.58. The van der Waals surface area contributed by atoms with Crippen molar-refractivity contribution in [2.45, 2.75) is 39.2 Å². The second-order valence-corrected chi connectivity index (χ2v) is 4.44. The fraction of sp³-hybridized carbons (Fsp3) is 0.538. The van der Waals surface area contributed by atoms with Gasteiger partial charge < -0.3 is 9.47 Å². The Labute approximate surface area is 102 Å². The summed E-state index contributed by atoms with van der Waals surface area (Å²) in [5.74, 6) is -0.624.